The minimum absolute atomic E-state index is 0.0427. The highest BCUT2D eigenvalue weighted by molar-refractivity contribution is 7.89. The number of methoxy groups -OCH3 is 1. The average molecular weight is 491 g/mol. The van der Waals surface area contributed by atoms with Gasteiger partial charge in [0.15, 0.2) is 0 Å². The SMILES string of the molecule is COCCNS(=O)(=O)c1ccc(C)c(C(=O)NCC(O)COc2cccc(Cl)c2Cl)c1. The number of hydrogen-bond acceptors (Lipinski definition) is 6. The molecule has 2 rings (SSSR count). The number of sulfonamides is 1. The number of ether oxygens (including phenoxy) is 2. The predicted octanol–water partition coefficient (Wildman–Crippen LogP) is 2.40. The molecule has 8 nitrogen and oxygen atoms in total. The number of carbonyl (C=O) groups excluding carboxylic acids is 1. The maximum atomic E-state index is 12.5. The molecule has 0 radical (unpaired) electrons. The van der Waals surface area contributed by atoms with Gasteiger partial charge in [-0.3, -0.25) is 4.79 Å². The van der Waals surface area contributed by atoms with Gasteiger partial charge >= 0.3 is 0 Å². The number of rotatable bonds is 11. The van der Waals surface area contributed by atoms with Crippen molar-refractivity contribution in [3.05, 3.63) is 57.6 Å². The van der Waals surface area contributed by atoms with Crippen molar-refractivity contribution in [1.82, 2.24) is 10.0 Å². The number of aliphatic hydroxyl groups is 1. The normalized spacial score (nSPS) is 12.4. The average Bonchev–Trinajstić information content (AvgIpc) is 2.73. The van der Waals surface area contributed by atoms with Crippen LogP contribution < -0.4 is 14.8 Å². The van der Waals surface area contributed by atoms with E-state index in [9.17, 15) is 18.3 Å². The number of amides is 1. The van der Waals surface area contributed by atoms with Gasteiger partial charge in [-0.1, -0.05) is 35.3 Å². The lowest BCUT2D eigenvalue weighted by atomic mass is 10.1. The number of hydrogen-bond donors (Lipinski definition) is 3. The molecule has 2 aromatic rings. The fraction of sp³-hybridized carbons (Fsp3) is 0.350. The molecule has 2 aromatic carbocycles. The second-order valence-corrected chi connectivity index (χ2v) is 9.15. The second-order valence-electron chi connectivity index (χ2n) is 6.59. The van der Waals surface area contributed by atoms with Crippen LogP contribution >= 0.6 is 23.2 Å². The van der Waals surface area contributed by atoms with E-state index in [0.29, 0.717) is 16.3 Å². The maximum absolute atomic E-state index is 12.5. The maximum Gasteiger partial charge on any atom is 0.251 e. The molecule has 0 fully saturated rings. The number of aliphatic hydroxyl groups excluding tert-OH is 1. The van der Waals surface area contributed by atoms with Crippen LogP contribution in [0.3, 0.4) is 0 Å². The molecule has 11 heteroatoms. The zero-order chi connectivity index (χ0) is 23.0. The standard InChI is InChI=1S/C20H24Cl2N2O6S/c1-13-6-7-15(31(27,28)24-8-9-29-2)10-16(13)20(26)23-11-14(25)12-30-18-5-3-4-17(21)19(18)22/h3-7,10,14,24-25H,8-9,11-12H2,1-2H3,(H,23,26). The number of halogens is 2. The van der Waals surface area contributed by atoms with Gasteiger partial charge in [-0.25, -0.2) is 13.1 Å². The molecule has 0 aliphatic rings. The molecule has 0 saturated heterocycles. The van der Waals surface area contributed by atoms with Crippen molar-refractivity contribution in [2.45, 2.75) is 17.9 Å². The lowest BCUT2D eigenvalue weighted by Gasteiger charge is -2.15. The molecule has 1 unspecified atom stereocenters. The van der Waals surface area contributed by atoms with Crippen molar-refractivity contribution in [3.63, 3.8) is 0 Å². The summed E-state index contributed by atoms with van der Waals surface area (Å²) in [6, 6.07) is 9.12. The van der Waals surface area contributed by atoms with E-state index in [1.807, 2.05) is 0 Å². The van der Waals surface area contributed by atoms with Crippen LogP contribution in [0.5, 0.6) is 5.75 Å². The first-order chi connectivity index (χ1) is 14.7. The van der Waals surface area contributed by atoms with Gasteiger partial charge in [-0.15, -0.1) is 0 Å². The van der Waals surface area contributed by atoms with Crippen LogP contribution in [0.2, 0.25) is 10.0 Å². The summed E-state index contributed by atoms with van der Waals surface area (Å²) in [5.74, 6) is -0.208. The topological polar surface area (TPSA) is 114 Å². The molecule has 3 N–H and O–H groups in total. The van der Waals surface area contributed by atoms with Crippen LogP contribution in [0.25, 0.3) is 0 Å². The highest BCUT2D eigenvalue weighted by Gasteiger charge is 2.18. The van der Waals surface area contributed by atoms with E-state index < -0.39 is 22.0 Å². The van der Waals surface area contributed by atoms with Gasteiger partial charge in [0.25, 0.3) is 5.91 Å². The summed E-state index contributed by atoms with van der Waals surface area (Å²) in [6.45, 7) is 1.77. The van der Waals surface area contributed by atoms with Gasteiger partial charge in [0.05, 0.1) is 16.5 Å². The van der Waals surface area contributed by atoms with Crippen molar-refractivity contribution in [1.29, 1.82) is 0 Å². The lowest BCUT2D eigenvalue weighted by molar-refractivity contribution is 0.0843. The Morgan fingerprint density at radius 1 is 1.23 bits per heavy atom. The van der Waals surface area contributed by atoms with Crippen LogP contribution in [0.1, 0.15) is 15.9 Å². The molecule has 0 aliphatic carbocycles. The Bertz CT molecular complexity index is 1020. The zero-order valence-corrected chi connectivity index (χ0v) is 19.4. The first-order valence-corrected chi connectivity index (χ1v) is 11.5. The van der Waals surface area contributed by atoms with Crippen molar-refractivity contribution in [2.75, 3.05) is 33.4 Å². The summed E-state index contributed by atoms with van der Waals surface area (Å²) in [6.07, 6.45) is -1.03. The minimum Gasteiger partial charge on any atom is -0.489 e. The van der Waals surface area contributed by atoms with E-state index in [2.05, 4.69) is 10.0 Å². The van der Waals surface area contributed by atoms with Gasteiger partial charge in [-0.05, 0) is 36.8 Å². The molecule has 0 heterocycles. The summed E-state index contributed by atoms with van der Waals surface area (Å²) in [7, 11) is -2.32. The third kappa shape index (κ3) is 7.34. The predicted molar refractivity (Wildman–Crippen MR) is 119 cm³/mol. The summed E-state index contributed by atoms with van der Waals surface area (Å²) in [5.41, 5.74) is 0.769. The molecule has 31 heavy (non-hydrogen) atoms. The Morgan fingerprint density at radius 3 is 2.68 bits per heavy atom. The summed E-state index contributed by atoms with van der Waals surface area (Å²) in [5, 5.41) is 13.2. The Morgan fingerprint density at radius 2 is 1.97 bits per heavy atom. The largest absolute Gasteiger partial charge is 0.489 e. The van der Waals surface area contributed by atoms with E-state index >= 15 is 0 Å². The Labute approximate surface area is 191 Å². The highest BCUT2D eigenvalue weighted by atomic mass is 35.5. The monoisotopic (exact) mass is 490 g/mol. The molecule has 0 saturated carbocycles. The molecule has 0 aromatic heterocycles. The Hall–Kier alpha value is -1.88. The lowest BCUT2D eigenvalue weighted by Crippen LogP contribution is -2.35. The van der Waals surface area contributed by atoms with Crippen molar-refractivity contribution >= 4 is 39.1 Å². The second kappa shape index (κ2) is 11.7. The van der Waals surface area contributed by atoms with Crippen LogP contribution in [0, 0.1) is 6.92 Å². The number of benzene rings is 2. The van der Waals surface area contributed by atoms with Gasteiger partial charge < -0.3 is 19.9 Å². The van der Waals surface area contributed by atoms with E-state index in [1.165, 1.54) is 19.2 Å². The first kappa shape index (κ1) is 25.4. The number of aryl methyl sites for hydroxylation is 1. The van der Waals surface area contributed by atoms with Crippen LogP contribution in [-0.2, 0) is 14.8 Å². The van der Waals surface area contributed by atoms with E-state index in [4.69, 9.17) is 32.7 Å². The van der Waals surface area contributed by atoms with Crippen molar-refractivity contribution in [3.8, 4) is 5.75 Å². The molecule has 0 bridgehead atoms. The highest BCUT2D eigenvalue weighted by Crippen LogP contribution is 2.31. The van der Waals surface area contributed by atoms with Crippen molar-refractivity contribution < 1.29 is 27.8 Å². The van der Waals surface area contributed by atoms with E-state index in [-0.39, 0.29) is 41.8 Å². The Balaban J connectivity index is 1.97. The summed E-state index contributed by atoms with van der Waals surface area (Å²) >= 11 is 11.9. The van der Waals surface area contributed by atoms with Crippen LogP contribution in [0.4, 0.5) is 0 Å². The molecule has 1 atom stereocenters. The molecule has 0 spiro atoms. The minimum atomic E-state index is -3.79. The van der Waals surface area contributed by atoms with Gasteiger partial charge in [0.2, 0.25) is 10.0 Å². The summed E-state index contributed by atoms with van der Waals surface area (Å²) < 4.78 is 37.4. The van der Waals surface area contributed by atoms with E-state index in [0.717, 1.165) is 0 Å². The first-order valence-electron chi connectivity index (χ1n) is 9.28. The smallest absolute Gasteiger partial charge is 0.251 e. The quantitative estimate of drug-likeness (QED) is 0.416. The fourth-order valence-corrected chi connectivity index (χ4v) is 3.91. The Kier molecular flexibility index (Phi) is 9.54. The molecule has 0 aliphatic heterocycles. The number of nitrogens with one attached hydrogen (secondary N) is 2. The number of carbonyl (C=O) groups is 1. The third-order valence-electron chi connectivity index (χ3n) is 4.21. The summed E-state index contributed by atoms with van der Waals surface area (Å²) in [4.78, 5) is 12.5. The molecular weight excluding hydrogens is 467 g/mol. The third-order valence-corrected chi connectivity index (χ3v) is 6.47. The van der Waals surface area contributed by atoms with Gasteiger partial charge in [0.1, 0.15) is 23.5 Å². The van der Waals surface area contributed by atoms with Crippen LogP contribution in [0.15, 0.2) is 41.3 Å². The van der Waals surface area contributed by atoms with Gasteiger partial charge in [-0.2, -0.15) is 0 Å². The fourth-order valence-electron chi connectivity index (χ4n) is 2.52. The van der Waals surface area contributed by atoms with Crippen molar-refractivity contribution in [2.24, 2.45) is 0 Å². The van der Waals surface area contributed by atoms with Gasteiger partial charge in [0, 0.05) is 25.8 Å². The molecular formula is C20H24Cl2N2O6S. The molecule has 170 valence electrons. The van der Waals surface area contributed by atoms with E-state index in [1.54, 1.807) is 31.2 Å². The zero-order valence-electron chi connectivity index (χ0n) is 17.0. The van der Waals surface area contributed by atoms with Crippen LogP contribution in [-0.4, -0.2) is 58.9 Å². The molecule has 1 amide bonds.